The number of halogens is 1. The molecule has 1 unspecified atom stereocenters. The molecule has 3 amide bonds. The molecule has 1 atom stereocenters. The zero-order valence-corrected chi connectivity index (χ0v) is 20.4. The number of aliphatic hydroxyl groups is 4. The number of nitrogens with zero attached hydrogens (tertiary/aromatic N) is 2. The number of ether oxygens (including phenoxy) is 2. The summed E-state index contributed by atoms with van der Waals surface area (Å²) in [4.78, 5) is 39.7. The molecule has 0 bridgehead atoms. The highest BCUT2D eigenvalue weighted by Gasteiger charge is 2.53. The van der Waals surface area contributed by atoms with Crippen molar-refractivity contribution in [2.45, 2.75) is 31.7 Å². The van der Waals surface area contributed by atoms with Crippen molar-refractivity contribution < 1.29 is 48.7 Å². The minimum atomic E-state index is -2.47. The lowest BCUT2D eigenvalue weighted by molar-refractivity contribution is -0.177. The summed E-state index contributed by atoms with van der Waals surface area (Å²) < 4.78 is 25.4. The van der Waals surface area contributed by atoms with Gasteiger partial charge in [-0.25, -0.2) is 4.39 Å². The van der Waals surface area contributed by atoms with Crippen molar-refractivity contribution >= 4 is 17.7 Å². The van der Waals surface area contributed by atoms with Crippen molar-refractivity contribution in [2.75, 3.05) is 32.8 Å². The van der Waals surface area contributed by atoms with Crippen LogP contribution in [0.3, 0.4) is 0 Å². The molecule has 13 heteroatoms. The molecule has 204 valence electrons. The quantitative estimate of drug-likeness (QED) is 0.192. The predicted molar refractivity (Wildman–Crippen MR) is 127 cm³/mol. The van der Waals surface area contributed by atoms with Crippen LogP contribution < -0.4 is 5.32 Å². The fourth-order valence-electron chi connectivity index (χ4n) is 4.44. The first kappa shape index (κ1) is 27.1. The number of benzene rings is 1. The van der Waals surface area contributed by atoms with Gasteiger partial charge in [0.25, 0.3) is 17.8 Å². The van der Waals surface area contributed by atoms with E-state index in [0.717, 1.165) is 18.7 Å². The Morgan fingerprint density at radius 1 is 1.18 bits per heavy atom. The van der Waals surface area contributed by atoms with Crippen molar-refractivity contribution in [2.24, 2.45) is 0 Å². The Bertz CT molecular complexity index is 1240. The molecule has 0 radical (unpaired) electrons. The third-order valence-corrected chi connectivity index (χ3v) is 6.60. The molecule has 3 saturated heterocycles. The smallest absolute Gasteiger partial charge is 0.283 e. The molecule has 3 aliphatic heterocycles. The summed E-state index contributed by atoms with van der Waals surface area (Å²) in [6.45, 7) is 5.29. The SMILES string of the molecule is C=C(O)/C(O)=C1/C(=O)N(C2(O)CCC(=O)NC2=O)C/C1=C(/O)OCc1ccc(CN2CCOCC2)cc1F. The van der Waals surface area contributed by atoms with Crippen LogP contribution in [0, 0.1) is 5.82 Å². The second-order valence-corrected chi connectivity index (χ2v) is 9.14. The lowest BCUT2D eigenvalue weighted by atomic mass is 10.00. The van der Waals surface area contributed by atoms with E-state index in [9.17, 15) is 39.2 Å². The van der Waals surface area contributed by atoms with Crippen LogP contribution in [0.15, 0.2) is 53.4 Å². The number of hydrogen-bond acceptors (Lipinski definition) is 10. The van der Waals surface area contributed by atoms with E-state index < -0.39 is 71.9 Å². The number of carbonyl (C=O) groups excluding carboxylic acids is 3. The first-order valence-corrected chi connectivity index (χ1v) is 11.8. The van der Waals surface area contributed by atoms with Crippen LogP contribution in [0.25, 0.3) is 0 Å². The monoisotopic (exact) mass is 533 g/mol. The van der Waals surface area contributed by atoms with Crippen molar-refractivity contribution in [1.29, 1.82) is 0 Å². The fourth-order valence-corrected chi connectivity index (χ4v) is 4.44. The van der Waals surface area contributed by atoms with Crippen molar-refractivity contribution in [3.63, 3.8) is 0 Å². The van der Waals surface area contributed by atoms with E-state index >= 15 is 0 Å². The number of rotatable bonds is 7. The topological polar surface area (TPSA) is 169 Å². The van der Waals surface area contributed by atoms with E-state index in [4.69, 9.17) is 9.47 Å². The van der Waals surface area contributed by atoms with E-state index in [1.165, 1.54) is 12.1 Å². The standard InChI is InChI=1S/C25H28FN3O9/c1-14(30)21(32)20-17(12-29(22(20)33)25(36)5-4-19(31)27-24(25)35)23(34)38-13-16-3-2-15(10-18(16)26)11-28-6-8-37-9-7-28/h2-3,10,30,32,34,36H,1,4-9,11-13H2,(H,27,31,35)/b21-20-,23-17+. The number of morpholine rings is 1. The minimum absolute atomic E-state index is 0.0918. The summed E-state index contributed by atoms with van der Waals surface area (Å²) in [7, 11) is 0. The molecule has 38 heavy (non-hydrogen) atoms. The molecule has 12 nitrogen and oxygen atoms in total. The van der Waals surface area contributed by atoms with Crippen LogP contribution in [-0.4, -0.2) is 86.5 Å². The zero-order valence-electron chi connectivity index (χ0n) is 20.4. The molecule has 3 fully saturated rings. The van der Waals surface area contributed by atoms with Crippen molar-refractivity contribution in [3.05, 3.63) is 70.3 Å². The Morgan fingerprint density at radius 2 is 1.89 bits per heavy atom. The van der Waals surface area contributed by atoms with Gasteiger partial charge in [-0.05, 0) is 11.6 Å². The van der Waals surface area contributed by atoms with E-state index in [-0.39, 0.29) is 17.6 Å². The highest BCUT2D eigenvalue weighted by Crippen LogP contribution is 2.36. The Labute approximate surface area is 216 Å². The number of imide groups is 1. The van der Waals surface area contributed by atoms with Gasteiger partial charge in [0.05, 0.1) is 30.9 Å². The maximum atomic E-state index is 14.8. The molecule has 4 rings (SSSR count). The lowest BCUT2D eigenvalue weighted by Gasteiger charge is -2.37. The second-order valence-electron chi connectivity index (χ2n) is 9.14. The molecule has 1 aromatic rings. The lowest BCUT2D eigenvalue weighted by Crippen LogP contribution is -2.63. The van der Waals surface area contributed by atoms with E-state index in [1.54, 1.807) is 6.07 Å². The molecule has 0 aromatic heterocycles. The summed E-state index contributed by atoms with van der Waals surface area (Å²) >= 11 is 0. The molecule has 3 aliphatic rings. The molecule has 1 aromatic carbocycles. The fraction of sp³-hybridized carbons (Fsp3) is 0.400. The first-order valence-electron chi connectivity index (χ1n) is 11.8. The van der Waals surface area contributed by atoms with E-state index in [0.29, 0.717) is 24.7 Å². The minimum Gasteiger partial charge on any atom is -0.505 e. The van der Waals surface area contributed by atoms with Gasteiger partial charge in [0.1, 0.15) is 12.4 Å². The van der Waals surface area contributed by atoms with Crippen LogP contribution >= 0.6 is 0 Å². The van der Waals surface area contributed by atoms with Crippen LogP contribution in [0.4, 0.5) is 4.39 Å². The predicted octanol–water partition coefficient (Wildman–Crippen LogP) is 0.795. The van der Waals surface area contributed by atoms with Crippen molar-refractivity contribution in [1.82, 2.24) is 15.1 Å². The van der Waals surface area contributed by atoms with Gasteiger partial charge in [0, 0.05) is 38.0 Å². The highest BCUT2D eigenvalue weighted by molar-refractivity contribution is 6.08. The second kappa shape index (κ2) is 10.8. The number of hydrogen-bond donors (Lipinski definition) is 5. The van der Waals surface area contributed by atoms with Gasteiger partial charge >= 0.3 is 0 Å². The largest absolute Gasteiger partial charge is 0.505 e. The molecule has 0 spiro atoms. The zero-order chi connectivity index (χ0) is 27.6. The average molecular weight is 534 g/mol. The Kier molecular flexibility index (Phi) is 7.71. The summed E-state index contributed by atoms with van der Waals surface area (Å²) in [6, 6.07) is 4.56. The number of aliphatic hydroxyl groups excluding tert-OH is 3. The molecular formula is C25H28FN3O9. The molecule has 0 aliphatic carbocycles. The van der Waals surface area contributed by atoms with Crippen LogP contribution in [0.2, 0.25) is 0 Å². The van der Waals surface area contributed by atoms with Gasteiger partial charge in [-0.2, -0.15) is 0 Å². The average Bonchev–Trinajstić information content (AvgIpc) is 3.23. The molecule has 3 heterocycles. The van der Waals surface area contributed by atoms with Gasteiger partial charge in [-0.3, -0.25) is 29.5 Å². The van der Waals surface area contributed by atoms with Gasteiger partial charge in [0.15, 0.2) is 11.5 Å². The molecule has 0 saturated carbocycles. The van der Waals surface area contributed by atoms with Gasteiger partial charge in [0.2, 0.25) is 11.6 Å². The summed E-state index contributed by atoms with van der Waals surface area (Å²) in [5.41, 5.74) is -2.70. The van der Waals surface area contributed by atoms with Crippen LogP contribution in [0.1, 0.15) is 24.0 Å². The maximum absolute atomic E-state index is 14.8. The Balaban J connectivity index is 1.55. The maximum Gasteiger partial charge on any atom is 0.283 e. The Hall–Kier alpha value is -3.94. The number of carbonyl (C=O) groups is 3. The first-order chi connectivity index (χ1) is 18.0. The van der Waals surface area contributed by atoms with Gasteiger partial charge in [-0.1, -0.05) is 18.7 Å². The summed E-state index contributed by atoms with van der Waals surface area (Å²) in [6.07, 6.45) is -0.708. The summed E-state index contributed by atoms with van der Waals surface area (Å²) in [5.74, 6) is -6.36. The van der Waals surface area contributed by atoms with Crippen LogP contribution in [0.5, 0.6) is 0 Å². The summed E-state index contributed by atoms with van der Waals surface area (Å²) in [5, 5.41) is 43.4. The van der Waals surface area contributed by atoms with E-state index in [2.05, 4.69) is 11.5 Å². The number of amides is 3. The number of nitrogens with one attached hydrogen (secondary N) is 1. The molecule has 5 N–H and O–H groups in total. The third-order valence-electron chi connectivity index (χ3n) is 6.60. The van der Waals surface area contributed by atoms with Gasteiger partial charge in [-0.15, -0.1) is 0 Å². The number of piperidine rings is 1. The Morgan fingerprint density at radius 3 is 2.53 bits per heavy atom. The normalized spacial score (nSPS) is 25.3. The van der Waals surface area contributed by atoms with E-state index in [1.807, 2.05) is 5.32 Å². The number of likely N-dealkylation sites (tertiary alicyclic amines) is 1. The third kappa shape index (κ3) is 5.35. The molecular weight excluding hydrogens is 505 g/mol. The van der Waals surface area contributed by atoms with Crippen LogP contribution in [-0.2, 0) is 37.0 Å². The highest BCUT2D eigenvalue weighted by atomic mass is 19.1. The van der Waals surface area contributed by atoms with Crippen molar-refractivity contribution in [3.8, 4) is 0 Å². The van der Waals surface area contributed by atoms with Gasteiger partial charge < -0.3 is 29.9 Å².